The molecule has 0 unspecified atom stereocenters. The summed E-state index contributed by atoms with van der Waals surface area (Å²) in [6.07, 6.45) is 0. The molecule has 5 nitrogen and oxygen atoms in total. The van der Waals surface area contributed by atoms with Crippen molar-refractivity contribution in [3.63, 3.8) is 0 Å². The molecule has 0 bridgehead atoms. The topological polar surface area (TPSA) is 68.9 Å². The molecule has 0 N–H and O–H groups in total. The van der Waals surface area contributed by atoms with Crippen LogP contribution in [0.3, 0.4) is 0 Å². The highest BCUT2D eigenvalue weighted by molar-refractivity contribution is 7.14. The van der Waals surface area contributed by atoms with Gasteiger partial charge in [0.05, 0.1) is 10.8 Å². The molecule has 0 atom stereocenters. The molecule has 2 aromatic rings. The van der Waals surface area contributed by atoms with Crippen molar-refractivity contribution in [1.29, 1.82) is 0 Å². The molecule has 0 saturated heterocycles. The number of hydrogen-bond donors (Lipinski definition) is 0. The van der Waals surface area contributed by atoms with Crippen LogP contribution in [0.25, 0.3) is 10.6 Å². The molecule has 0 aliphatic heterocycles. The Balaban J connectivity index is 2.52. The summed E-state index contributed by atoms with van der Waals surface area (Å²) in [4.78, 5) is 10.4. The van der Waals surface area contributed by atoms with Gasteiger partial charge in [0, 0.05) is 17.2 Å². The van der Waals surface area contributed by atoms with Gasteiger partial charge in [-0.05, 0) is 6.92 Å². The van der Waals surface area contributed by atoms with Gasteiger partial charge in [-0.1, -0.05) is 23.5 Å². The molecule has 0 radical (unpaired) electrons. The molecule has 1 aromatic heterocycles. The fraction of sp³-hybridized carbons (Fsp3) is 0.200. The maximum Gasteiger partial charge on any atom is 0.273 e. The van der Waals surface area contributed by atoms with Crippen LogP contribution in [0, 0.1) is 17.0 Å². The quantitative estimate of drug-likeness (QED) is 0.487. The second-order valence-electron chi connectivity index (χ2n) is 3.34. The van der Waals surface area contributed by atoms with Crippen LogP contribution in [0.1, 0.15) is 10.6 Å². The number of halogens is 1. The maximum absolute atomic E-state index is 10.8. The van der Waals surface area contributed by atoms with Gasteiger partial charge in [0.25, 0.3) is 5.69 Å². The number of nitro benzene ring substituents is 1. The third kappa shape index (κ3) is 2.27. The number of nitro groups is 1. The zero-order valence-corrected chi connectivity index (χ0v) is 10.5. The van der Waals surface area contributed by atoms with E-state index in [9.17, 15) is 10.1 Å². The first-order valence-corrected chi connectivity index (χ1v) is 6.11. The Labute approximate surface area is 106 Å². The zero-order valence-electron chi connectivity index (χ0n) is 8.88. The normalized spacial score (nSPS) is 10.5. The molecule has 1 aromatic carbocycles. The van der Waals surface area contributed by atoms with Crippen molar-refractivity contribution in [2.24, 2.45) is 0 Å². The van der Waals surface area contributed by atoms with Gasteiger partial charge in [-0.2, -0.15) is 0 Å². The van der Waals surface area contributed by atoms with Crippen LogP contribution in [0.15, 0.2) is 18.2 Å². The van der Waals surface area contributed by atoms with Gasteiger partial charge in [-0.15, -0.1) is 21.8 Å². The number of benzene rings is 1. The monoisotopic (exact) mass is 269 g/mol. The van der Waals surface area contributed by atoms with Gasteiger partial charge < -0.3 is 0 Å². The maximum atomic E-state index is 10.8. The molecule has 0 saturated carbocycles. The van der Waals surface area contributed by atoms with Crippen molar-refractivity contribution >= 4 is 28.6 Å². The van der Waals surface area contributed by atoms with Crippen molar-refractivity contribution in [3.8, 4) is 10.6 Å². The molecule has 88 valence electrons. The standard InChI is InChI=1S/C10H8ClN3O2S/c1-6-7(3-2-4-8(6)14(15)16)10-13-12-9(5-11)17-10/h2-4H,5H2,1H3. The summed E-state index contributed by atoms with van der Waals surface area (Å²) in [5.41, 5.74) is 1.41. The van der Waals surface area contributed by atoms with Crippen LogP contribution >= 0.6 is 22.9 Å². The number of rotatable bonds is 3. The lowest BCUT2D eigenvalue weighted by atomic mass is 10.1. The van der Waals surface area contributed by atoms with Gasteiger partial charge in [0.1, 0.15) is 10.0 Å². The fourth-order valence-electron chi connectivity index (χ4n) is 1.47. The Morgan fingerprint density at radius 2 is 2.24 bits per heavy atom. The lowest BCUT2D eigenvalue weighted by Crippen LogP contribution is -1.93. The van der Waals surface area contributed by atoms with Crippen LogP contribution < -0.4 is 0 Å². The summed E-state index contributed by atoms with van der Waals surface area (Å²) >= 11 is 6.99. The lowest BCUT2D eigenvalue weighted by molar-refractivity contribution is -0.385. The first-order chi connectivity index (χ1) is 8.13. The van der Waals surface area contributed by atoms with E-state index < -0.39 is 4.92 Å². The number of nitrogens with zero attached hydrogens (tertiary/aromatic N) is 3. The summed E-state index contributed by atoms with van der Waals surface area (Å²) < 4.78 is 0. The third-order valence-corrected chi connectivity index (χ3v) is 3.68. The van der Waals surface area contributed by atoms with Crippen molar-refractivity contribution < 1.29 is 4.92 Å². The molecule has 0 aliphatic carbocycles. The first kappa shape index (κ1) is 11.9. The SMILES string of the molecule is Cc1c(-c2nnc(CCl)s2)cccc1[N+](=O)[O-]. The Bertz CT molecular complexity index is 570. The molecule has 7 heteroatoms. The van der Waals surface area contributed by atoms with E-state index in [0.717, 1.165) is 5.56 Å². The smallest absolute Gasteiger partial charge is 0.258 e. The Morgan fingerprint density at radius 3 is 2.82 bits per heavy atom. The fourth-order valence-corrected chi connectivity index (χ4v) is 2.46. The van der Waals surface area contributed by atoms with E-state index in [-0.39, 0.29) is 5.69 Å². The van der Waals surface area contributed by atoms with E-state index in [1.165, 1.54) is 17.4 Å². The van der Waals surface area contributed by atoms with E-state index in [1.807, 2.05) is 0 Å². The number of alkyl halides is 1. The van der Waals surface area contributed by atoms with Gasteiger partial charge >= 0.3 is 0 Å². The van der Waals surface area contributed by atoms with E-state index in [0.29, 0.717) is 21.5 Å². The highest BCUT2D eigenvalue weighted by Gasteiger charge is 2.16. The molecule has 17 heavy (non-hydrogen) atoms. The van der Waals surface area contributed by atoms with Crippen molar-refractivity contribution in [2.75, 3.05) is 0 Å². The van der Waals surface area contributed by atoms with Crippen LogP contribution in [0.2, 0.25) is 0 Å². The Hall–Kier alpha value is -1.53. The van der Waals surface area contributed by atoms with Gasteiger partial charge in [0.2, 0.25) is 0 Å². The number of hydrogen-bond acceptors (Lipinski definition) is 5. The van der Waals surface area contributed by atoms with Gasteiger partial charge in [-0.25, -0.2) is 0 Å². The van der Waals surface area contributed by atoms with E-state index in [4.69, 9.17) is 11.6 Å². The van der Waals surface area contributed by atoms with Gasteiger partial charge in [-0.3, -0.25) is 10.1 Å². The lowest BCUT2D eigenvalue weighted by Gasteiger charge is -2.01. The molecular formula is C10H8ClN3O2S. The van der Waals surface area contributed by atoms with Crippen LogP contribution in [0.4, 0.5) is 5.69 Å². The highest BCUT2D eigenvalue weighted by atomic mass is 35.5. The molecule has 0 amide bonds. The van der Waals surface area contributed by atoms with E-state index >= 15 is 0 Å². The summed E-state index contributed by atoms with van der Waals surface area (Å²) in [5.74, 6) is 0.297. The predicted octanol–water partition coefficient (Wildman–Crippen LogP) is 3.16. The minimum absolute atomic E-state index is 0.0881. The van der Waals surface area contributed by atoms with Crippen LogP contribution in [-0.4, -0.2) is 15.1 Å². The summed E-state index contributed by atoms with van der Waals surface area (Å²) in [5, 5.41) is 20.0. The summed E-state index contributed by atoms with van der Waals surface area (Å²) in [6, 6.07) is 4.91. The van der Waals surface area contributed by atoms with Gasteiger partial charge in [0.15, 0.2) is 0 Å². The predicted molar refractivity (Wildman–Crippen MR) is 66.3 cm³/mol. The van der Waals surface area contributed by atoms with Crippen LogP contribution in [0.5, 0.6) is 0 Å². The largest absolute Gasteiger partial charge is 0.273 e. The van der Waals surface area contributed by atoms with Crippen LogP contribution in [-0.2, 0) is 5.88 Å². The Morgan fingerprint density at radius 1 is 1.47 bits per heavy atom. The molecule has 0 spiro atoms. The zero-order chi connectivity index (χ0) is 12.4. The molecule has 0 fully saturated rings. The van der Waals surface area contributed by atoms with E-state index in [1.54, 1.807) is 19.1 Å². The van der Waals surface area contributed by atoms with E-state index in [2.05, 4.69) is 10.2 Å². The molecular weight excluding hydrogens is 262 g/mol. The number of aromatic nitrogens is 2. The second kappa shape index (κ2) is 4.77. The molecule has 2 rings (SSSR count). The first-order valence-electron chi connectivity index (χ1n) is 4.76. The minimum Gasteiger partial charge on any atom is -0.258 e. The summed E-state index contributed by atoms with van der Waals surface area (Å²) in [7, 11) is 0. The Kier molecular flexibility index (Phi) is 3.35. The average Bonchev–Trinajstić information content (AvgIpc) is 2.77. The third-order valence-electron chi connectivity index (χ3n) is 2.31. The second-order valence-corrected chi connectivity index (χ2v) is 4.67. The average molecular weight is 270 g/mol. The minimum atomic E-state index is -0.400. The molecule has 0 aliphatic rings. The highest BCUT2D eigenvalue weighted by Crippen LogP contribution is 2.31. The molecule has 1 heterocycles. The van der Waals surface area contributed by atoms with Crippen molar-refractivity contribution in [1.82, 2.24) is 10.2 Å². The van der Waals surface area contributed by atoms with Crippen molar-refractivity contribution in [2.45, 2.75) is 12.8 Å². The van der Waals surface area contributed by atoms with Crippen molar-refractivity contribution in [3.05, 3.63) is 38.9 Å². The summed E-state index contributed by atoms with van der Waals surface area (Å²) in [6.45, 7) is 1.70.